The van der Waals surface area contributed by atoms with Gasteiger partial charge in [-0.2, -0.15) is 0 Å². The van der Waals surface area contributed by atoms with Crippen LogP contribution in [0.1, 0.15) is 41.9 Å². The molecule has 10 heteroatoms. The zero-order chi connectivity index (χ0) is 21.3. The maximum Gasteiger partial charge on any atom is 0.338 e. The summed E-state index contributed by atoms with van der Waals surface area (Å²) < 4.78 is 5.79. The number of amides is 1. The molecule has 2 aromatic heterocycles. The van der Waals surface area contributed by atoms with Crippen molar-refractivity contribution in [3.8, 4) is 0 Å². The molecule has 0 spiro atoms. The van der Waals surface area contributed by atoms with Crippen molar-refractivity contribution >= 4 is 50.3 Å². The maximum absolute atomic E-state index is 12.6. The number of aromatic amines is 1. The third-order valence-corrected chi connectivity index (χ3v) is 6.62. The molecule has 2 N–H and O–H groups in total. The molecule has 2 heterocycles. The van der Waals surface area contributed by atoms with E-state index in [0.29, 0.717) is 28.0 Å². The normalized spacial score (nSPS) is 13.8. The van der Waals surface area contributed by atoms with Gasteiger partial charge in [0.1, 0.15) is 0 Å². The van der Waals surface area contributed by atoms with Crippen LogP contribution in [0.5, 0.6) is 0 Å². The Morgan fingerprint density at radius 2 is 2.17 bits per heavy atom. The summed E-state index contributed by atoms with van der Waals surface area (Å²) in [4.78, 5) is 48.3. The first-order valence-corrected chi connectivity index (χ1v) is 11.3. The number of hydrogen-bond acceptors (Lipinski definition) is 8. The number of nitrogens with one attached hydrogen (secondary N) is 2. The zero-order valence-corrected chi connectivity index (χ0v) is 18.1. The Morgan fingerprint density at radius 3 is 2.97 bits per heavy atom. The molecular weight excluding hydrogens is 424 g/mol. The minimum atomic E-state index is -0.477. The molecule has 0 fully saturated rings. The van der Waals surface area contributed by atoms with Gasteiger partial charge in [-0.05, 0) is 51.3 Å². The van der Waals surface area contributed by atoms with Crippen molar-refractivity contribution < 1.29 is 14.3 Å². The standard InChI is InChI=1S/C20H20N4O4S2/c1-3-28-18(27)11-7-8-14-15(9-11)30-20(22-14)23-16(25)10(2)29-19-21-13-6-4-5-12(13)17(26)24-19/h7-10H,3-6H2,1-2H3,(H,21,24,26)(H,22,23,25). The van der Waals surface area contributed by atoms with Crippen LogP contribution in [0.4, 0.5) is 5.13 Å². The minimum absolute atomic E-state index is 0.115. The van der Waals surface area contributed by atoms with Crippen LogP contribution in [0.2, 0.25) is 0 Å². The van der Waals surface area contributed by atoms with E-state index in [1.165, 1.54) is 23.1 Å². The van der Waals surface area contributed by atoms with Gasteiger partial charge in [0.15, 0.2) is 10.3 Å². The van der Waals surface area contributed by atoms with Crippen molar-refractivity contribution in [3.05, 3.63) is 45.4 Å². The second-order valence-electron chi connectivity index (χ2n) is 6.82. The molecule has 0 bridgehead atoms. The van der Waals surface area contributed by atoms with Crippen molar-refractivity contribution in [2.24, 2.45) is 0 Å². The molecule has 8 nitrogen and oxygen atoms in total. The molecular formula is C20H20N4O4S2. The fourth-order valence-electron chi connectivity index (χ4n) is 3.22. The molecule has 0 saturated carbocycles. The Kier molecular flexibility index (Phi) is 5.87. The first-order valence-electron chi connectivity index (χ1n) is 9.62. The molecule has 3 aromatic rings. The average molecular weight is 445 g/mol. The van der Waals surface area contributed by atoms with E-state index in [9.17, 15) is 14.4 Å². The van der Waals surface area contributed by atoms with Gasteiger partial charge < -0.3 is 15.0 Å². The lowest BCUT2D eigenvalue weighted by atomic mass is 10.2. The fourth-order valence-corrected chi connectivity index (χ4v) is 4.95. The number of thiazole rings is 1. The largest absolute Gasteiger partial charge is 0.462 e. The van der Waals surface area contributed by atoms with E-state index in [-0.39, 0.29) is 17.4 Å². The van der Waals surface area contributed by atoms with E-state index >= 15 is 0 Å². The summed E-state index contributed by atoms with van der Waals surface area (Å²) in [5.74, 6) is -0.632. The van der Waals surface area contributed by atoms with E-state index in [2.05, 4.69) is 20.3 Å². The second kappa shape index (κ2) is 8.57. The first-order chi connectivity index (χ1) is 14.4. The van der Waals surface area contributed by atoms with Gasteiger partial charge in [0.2, 0.25) is 5.91 Å². The maximum atomic E-state index is 12.6. The quantitative estimate of drug-likeness (QED) is 0.341. The minimum Gasteiger partial charge on any atom is -0.462 e. The van der Waals surface area contributed by atoms with Gasteiger partial charge in [0.05, 0.1) is 33.3 Å². The van der Waals surface area contributed by atoms with Crippen LogP contribution in [-0.2, 0) is 22.4 Å². The van der Waals surface area contributed by atoms with E-state index < -0.39 is 5.25 Å². The molecule has 0 aliphatic heterocycles. The SMILES string of the molecule is CCOC(=O)c1ccc2nc(NC(=O)C(C)Sc3nc4c(c(=O)[nH]3)CCC4)sc2c1. The summed E-state index contributed by atoms with van der Waals surface area (Å²) in [6, 6.07) is 5.09. The highest BCUT2D eigenvalue weighted by molar-refractivity contribution is 8.00. The number of nitrogens with zero attached hydrogens (tertiary/aromatic N) is 2. The van der Waals surface area contributed by atoms with Crippen LogP contribution in [0.25, 0.3) is 10.2 Å². The lowest BCUT2D eigenvalue weighted by Gasteiger charge is -2.10. The number of hydrogen-bond donors (Lipinski definition) is 2. The molecule has 4 rings (SSSR count). The fraction of sp³-hybridized carbons (Fsp3) is 0.350. The van der Waals surface area contributed by atoms with Crippen molar-refractivity contribution in [1.29, 1.82) is 0 Å². The molecule has 1 amide bonds. The molecule has 0 saturated heterocycles. The molecule has 1 aliphatic rings. The predicted octanol–water partition coefficient (Wildman–Crippen LogP) is 3.16. The Morgan fingerprint density at radius 1 is 1.33 bits per heavy atom. The Hall–Kier alpha value is -2.72. The summed E-state index contributed by atoms with van der Waals surface area (Å²) in [6.45, 7) is 3.81. The van der Waals surface area contributed by atoms with Gasteiger partial charge in [0, 0.05) is 5.56 Å². The average Bonchev–Trinajstić information content (AvgIpc) is 3.33. The number of aromatic nitrogens is 3. The molecule has 1 unspecified atom stereocenters. The number of anilines is 1. The number of aryl methyl sites for hydroxylation is 1. The smallest absolute Gasteiger partial charge is 0.338 e. The van der Waals surface area contributed by atoms with Gasteiger partial charge >= 0.3 is 5.97 Å². The van der Waals surface area contributed by atoms with Crippen LogP contribution < -0.4 is 10.9 Å². The highest BCUT2D eigenvalue weighted by atomic mass is 32.2. The number of rotatable bonds is 6. The summed E-state index contributed by atoms with van der Waals surface area (Å²) in [6.07, 6.45) is 2.49. The van der Waals surface area contributed by atoms with Crippen molar-refractivity contribution in [2.45, 2.75) is 43.5 Å². The first kappa shape index (κ1) is 20.5. The summed E-state index contributed by atoms with van der Waals surface area (Å²) in [5.41, 5.74) is 2.61. The molecule has 30 heavy (non-hydrogen) atoms. The number of thioether (sulfide) groups is 1. The van der Waals surface area contributed by atoms with Crippen molar-refractivity contribution in [1.82, 2.24) is 15.0 Å². The van der Waals surface area contributed by atoms with Crippen LogP contribution >= 0.6 is 23.1 Å². The third kappa shape index (κ3) is 4.24. The van der Waals surface area contributed by atoms with Gasteiger partial charge in [-0.25, -0.2) is 14.8 Å². The van der Waals surface area contributed by atoms with Crippen molar-refractivity contribution in [2.75, 3.05) is 11.9 Å². The van der Waals surface area contributed by atoms with E-state index in [4.69, 9.17) is 4.74 Å². The van der Waals surface area contributed by atoms with Gasteiger partial charge in [-0.3, -0.25) is 9.59 Å². The van der Waals surface area contributed by atoms with Gasteiger partial charge in [0.25, 0.3) is 5.56 Å². The Bertz CT molecular complexity index is 1190. The van der Waals surface area contributed by atoms with E-state index in [0.717, 1.165) is 35.2 Å². The summed E-state index contributed by atoms with van der Waals surface area (Å²) >= 11 is 2.49. The van der Waals surface area contributed by atoms with E-state index in [1.54, 1.807) is 32.0 Å². The highest BCUT2D eigenvalue weighted by Crippen LogP contribution is 2.28. The number of carbonyl (C=O) groups excluding carboxylic acids is 2. The van der Waals surface area contributed by atoms with Gasteiger partial charge in [-0.1, -0.05) is 23.1 Å². The zero-order valence-electron chi connectivity index (χ0n) is 16.5. The van der Waals surface area contributed by atoms with Crippen LogP contribution in [-0.4, -0.2) is 38.7 Å². The summed E-state index contributed by atoms with van der Waals surface area (Å²) in [5, 5.41) is 3.22. The van der Waals surface area contributed by atoms with Crippen LogP contribution in [0.3, 0.4) is 0 Å². The second-order valence-corrected chi connectivity index (χ2v) is 9.18. The topological polar surface area (TPSA) is 114 Å². The number of fused-ring (bicyclic) bond motifs is 2. The predicted molar refractivity (Wildman–Crippen MR) is 116 cm³/mol. The molecule has 1 atom stereocenters. The van der Waals surface area contributed by atoms with E-state index in [1.807, 2.05) is 0 Å². The van der Waals surface area contributed by atoms with Gasteiger partial charge in [-0.15, -0.1) is 0 Å². The highest BCUT2D eigenvalue weighted by Gasteiger charge is 2.21. The number of carbonyl (C=O) groups is 2. The molecule has 1 aliphatic carbocycles. The third-order valence-electron chi connectivity index (χ3n) is 4.71. The molecule has 156 valence electrons. The number of ether oxygens (including phenoxy) is 1. The molecule has 1 aromatic carbocycles. The number of benzene rings is 1. The lowest BCUT2D eigenvalue weighted by molar-refractivity contribution is -0.115. The van der Waals surface area contributed by atoms with Crippen molar-refractivity contribution in [3.63, 3.8) is 0 Å². The lowest BCUT2D eigenvalue weighted by Crippen LogP contribution is -2.23. The Labute approximate surface area is 180 Å². The van der Waals surface area contributed by atoms with Crippen LogP contribution in [0, 0.1) is 0 Å². The summed E-state index contributed by atoms with van der Waals surface area (Å²) in [7, 11) is 0. The number of esters is 1. The molecule has 0 radical (unpaired) electrons. The monoisotopic (exact) mass is 444 g/mol. The van der Waals surface area contributed by atoms with Crippen LogP contribution in [0.15, 0.2) is 28.2 Å². The number of H-pyrrole nitrogens is 1. The Balaban J connectivity index is 1.45.